The average Bonchev–Trinajstić information content (AvgIpc) is 2.25. The van der Waals surface area contributed by atoms with Gasteiger partial charge < -0.3 is 10.5 Å². The zero-order valence-corrected chi connectivity index (χ0v) is 11.8. The Bertz CT molecular complexity index is 484. The van der Waals surface area contributed by atoms with E-state index in [-0.39, 0.29) is 11.2 Å². The number of ether oxygens (including phenoxy) is 1. The largest absolute Gasteiger partial charge is 0.573 e. The summed E-state index contributed by atoms with van der Waals surface area (Å²) in [6.45, 7) is 4.29. The van der Waals surface area contributed by atoms with E-state index >= 15 is 0 Å². The number of halogens is 3. The minimum Gasteiger partial charge on any atom is -0.406 e. The molecule has 0 radical (unpaired) electrons. The average molecular weight is 287 g/mol. The number of hydrogen-bond acceptors (Lipinski definition) is 2. The van der Waals surface area contributed by atoms with E-state index in [1.165, 1.54) is 12.1 Å². The predicted octanol–water partition coefficient (Wildman–Crippen LogP) is 4.34. The lowest BCUT2D eigenvalue weighted by atomic mass is 9.66. The normalized spacial score (nSPS) is 26.3. The number of hydrogen-bond donors (Lipinski definition) is 1. The van der Waals surface area contributed by atoms with E-state index in [0.717, 1.165) is 25.7 Å². The zero-order valence-electron chi connectivity index (χ0n) is 11.8. The van der Waals surface area contributed by atoms with Gasteiger partial charge in [-0.3, -0.25) is 0 Å². The predicted molar refractivity (Wildman–Crippen MR) is 71.2 cm³/mol. The molecular formula is C15H20F3NO. The summed E-state index contributed by atoms with van der Waals surface area (Å²) in [7, 11) is 0. The molecule has 1 aromatic rings. The van der Waals surface area contributed by atoms with Crippen LogP contribution >= 0.6 is 0 Å². The monoisotopic (exact) mass is 287 g/mol. The van der Waals surface area contributed by atoms with Crippen molar-refractivity contribution in [3.8, 4) is 5.75 Å². The van der Waals surface area contributed by atoms with Crippen LogP contribution < -0.4 is 10.5 Å². The van der Waals surface area contributed by atoms with Crippen LogP contribution in [-0.4, -0.2) is 6.36 Å². The van der Waals surface area contributed by atoms with E-state index in [1.807, 2.05) is 0 Å². The molecule has 2 rings (SSSR count). The van der Waals surface area contributed by atoms with Crippen molar-refractivity contribution in [1.29, 1.82) is 0 Å². The number of alkyl halides is 3. The minimum absolute atomic E-state index is 0.105. The van der Waals surface area contributed by atoms with Crippen LogP contribution in [0.15, 0.2) is 24.3 Å². The standard InChI is InChI=1S/C15H20F3NO/c1-13(2)7-4-8-14(19,10-13)11-5-3-6-12(9-11)20-15(16,17)18/h3,5-6,9H,4,7-8,10,19H2,1-2H3. The summed E-state index contributed by atoms with van der Waals surface area (Å²) in [5.74, 6) is -0.205. The van der Waals surface area contributed by atoms with E-state index in [2.05, 4.69) is 18.6 Å². The molecule has 1 saturated carbocycles. The molecule has 1 unspecified atom stereocenters. The fourth-order valence-electron chi connectivity index (χ4n) is 3.16. The van der Waals surface area contributed by atoms with Gasteiger partial charge in [0.05, 0.1) is 0 Å². The van der Waals surface area contributed by atoms with Crippen molar-refractivity contribution >= 4 is 0 Å². The zero-order chi connectivity index (χ0) is 15.0. The Morgan fingerprint density at radius 3 is 2.50 bits per heavy atom. The van der Waals surface area contributed by atoms with Gasteiger partial charge in [0, 0.05) is 5.54 Å². The lowest BCUT2D eigenvalue weighted by Crippen LogP contribution is -2.44. The number of rotatable bonds is 2. The Kier molecular flexibility index (Phi) is 3.75. The smallest absolute Gasteiger partial charge is 0.406 e. The van der Waals surface area contributed by atoms with Gasteiger partial charge in [0.15, 0.2) is 0 Å². The molecule has 0 heterocycles. The Balaban J connectivity index is 2.26. The van der Waals surface area contributed by atoms with Crippen molar-refractivity contribution in [3.63, 3.8) is 0 Å². The maximum absolute atomic E-state index is 12.3. The fraction of sp³-hybridized carbons (Fsp3) is 0.600. The molecule has 5 heteroatoms. The summed E-state index contributed by atoms with van der Waals surface area (Å²) < 4.78 is 40.8. The first-order valence-electron chi connectivity index (χ1n) is 6.75. The summed E-state index contributed by atoms with van der Waals surface area (Å²) in [5.41, 5.74) is 6.70. The molecule has 0 bridgehead atoms. The third-order valence-electron chi connectivity index (χ3n) is 3.91. The van der Waals surface area contributed by atoms with Gasteiger partial charge in [-0.15, -0.1) is 13.2 Å². The summed E-state index contributed by atoms with van der Waals surface area (Å²) in [4.78, 5) is 0. The van der Waals surface area contributed by atoms with E-state index in [9.17, 15) is 13.2 Å². The molecule has 2 N–H and O–H groups in total. The minimum atomic E-state index is -4.67. The molecule has 0 saturated heterocycles. The molecule has 1 fully saturated rings. The molecule has 1 aliphatic rings. The van der Waals surface area contributed by atoms with Crippen LogP contribution in [0.3, 0.4) is 0 Å². The molecule has 112 valence electrons. The van der Waals surface area contributed by atoms with Crippen molar-refractivity contribution in [2.24, 2.45) is 11.1 Å². The van der Waals surface area contributed by atoms with Gasteiger partial charge in [-0.2, -0.15) is 0 Å². The Hall–Kier alpha value is -1.23. The first-order chi connectivity index (χ1) is 9.10. The van der Waals surface area contributed by atoms with Crippen LogP contribution in [0.4, 0.5) is 13.2 Å². The summed E-state index contributed by atoms with van der Waals surface area (Å²) >= 11 is 0. The lowest BCUT2D eigenvalue weighted by molar-refractivity contribution is -0.274. The van der Waals surface area contributed by atoms with Gasteiger partial charge in [0.1, 0.15) is 5.75 Å². The van der Waals surface area contributed by atoms with Crippen LogP contribution in [0.1, 0.15) is 45.1 Å². The highest BCUT2D eigenvalue weighted by Crippen LogP contribution is 2.45. The van der Waals surface area contributed by atoms with Gasteiger partial charge in [-0.05, 0) is 42.4 Å². The van der Waals surface area contributed by atoms with Crippen LogP contribution in [0.2, 0.25) is 0 Å². The van der Waals surface area contributed by atoms with Gasteiger partial charge in [-0.1, -0.05) is 32.4 Å². The first kappa shape index (κ1) is 15.2. The molecule has 1 aromatic carbocycles. The van der Waals surface area contributed by atoms with Gasteiger partial charge in [0.25, 0.3) is 0 Å². The Morgan fingerprint density at radius 1 is 1.20 bits per heavy atom. The van der Waals surface area contributed by atoms with E-state index in [0.29, 0.717) is 5.56 Å². The molecule has 0 aromatic heterocycles. The lowest BCUT2D eigenvalue weighted by Gasteiger charge is -2.43. The molecule has 1 aliphatic carbocycles. The molecule has 2 nitrogen and oxygen atoms in total. The summed E-state index contributed by atoms with van der Waals surface area (Å²) in [6, 6.07) is 6.06. The third-order valence-corrected chi connectivity index (χ3v) is 3.91. The molecule has 0 spiro atoms. The maximum atomic E-state index is 12.3. The highest BCUT2D eigenvalue weighted by Gasteiger charge is 2.39. The Labute approximate surface area is 117 Å². The molecule has 0 amide bonds. The maximum Gasteiger partial charge on any atom is 0.573 e. The van der Waals surface area contributed by atoms with Crippen LogP contribution in [0, 0.1) is 5.41 Å². The Morgan fingerprint density at radius 2 is 1.90 bits per heavy atom. The van der Waals surface area contributed by atoms with Crippen molar-refractivity contribution in [2.45, 2.75) is 51.4 Å². The second kappa shape index (κ2) is 4.95. The van der Waals surface area contributed by atoms with Crippen molar-refractivity contribution < 1.29 is 17.9 Å². The first-order valence-corrected chi connectivity index (χ1v) is 6.75. The van der Waals surface area contributed by atoms with Crippen LogP contribution in [0.5, 0.6) is 5.75 Å². The highest BCUT2D eigenvalue weighted by atomic mass is 19.4. The topological polar surface area (TPSA) is 35.2 Å². The van der Waals surface area contributed by atoms with Crippen LogP contribution in [-0.2, 0) is 5.54 Å². The molecule has 20 heavy (non-hydrogen) atoms. The van der Waals surface area contributed by atoms with Gasteiger partial charge in [-0.25, -0.2) is 0 Å². The third kappa shape index (κ3) is 3.66. The summed E-state index contributed by atoms with van der Waals surface area (Å²) in [5, 5.41) is 0. The van der Waals surface area contributed by atoms with E-state index in [1.54, 1.807) is 12.1 Å². The molecular weight excluding hydrogens is 267 g/mol. The number of nitrogens with two attached hydrogens (primary N) is 1. The second-order valence-electron chi connectivity index (χ2n) is 6.43. The summed E-state index contributed by atoms with van der Waals surface area (Å²) in [6.07, 6.45) is -1.06. The molecule has 0 aliphatic heterocycles. The van der Waals surface area contributed by atoms with Crippen molar-refractivity contribution in [2.75, 3.05) is 0 Å². The fourth-order valence-corrected chi connectivity index (χ4v) is 3.16. The SMILES string of the molecule is CC1(C)CCCC(N)(c2cccc(OC(F)(F)F)c2)C1. The molecule has 1 atom stereocenters. The second-order valence-corrected chi connectivity index (χ2v) is 6.43. The van der Waals surface area contributed by atoms with E-state index < -0.39 is 11.9 Å². The van der Waals surface area contributed by atoms with Crippen molar-refractivity contribution in [3.05, 3.63) is 29.8 Å². The van der Waals surface area contributed by atoms with Crippen molar-refractivity contribution in [1.82, 2.24) is 0 Å². The quantitative estimate of drug-likeness (QED) is 0.878. The van der Waals surface area contributed by atoms with Gasteiger partial charge in [0.2, 0.25) is 0 Å². The van der Waals surface area contributed by atoms with Crippen LogP contribution in [0.25, 0.3) is 0 Å². The van der Waals surface area contributed by atoms with Gasteiger partial charge >= 0.3 is 6.36 Å². The highest BCUT2D eigenvalue weighted by molar-refractivity contribution is 5.34. The van der Waals surface area contributed by atoms with E-state index in [4.69, 9.17) is 5.73 Å². The number of benzene rings is 1.